The molecule has 0 saturated heterocycles. The lowest BCUT2D eigenvalue weighted by molar-refractivity contribution is -0.167. The lowest BCUT2D eigenvalue weighted by atomic mass is 10.1. The summed E-state index contributed by atoms with van der Waals surface area (Å²) in [6.45, 7) is 6.46. The number of hydrogen-bond donors (Lipinski definition) is 0. The first-order valence-corrected chi connectivity index (χ1v) is 21.5. The minimum absolute atomic E-state index is 0.0825. The van der Waals surface area contributed by atoms with Crippen molar-refractivity contribution < 1.29 is 28.6 Å². The third-order valence-electron chi connectivity index (χ3n) is 9.05. The fourth-order valence-electron chi connectivity index (χ4n) is 5.79. The van der Waals surface area contributed by atoms with Crippen LogP contribution in [-0.4, -0.2) is 37.2 Å². The van der Waals surface area contributed by atoms with Crippen LogP contribution in [0.15, 0.2) is 36.5 Å². The molecule has 0 amide bonds. The molecule has 0 fully saturated rings. The molecule has 296 valence electrons. The average molecular weight is 717 g/mol. The number of carbonyl (C=O) groups excluding carboxylic acids is 3. The van der Waals surface area contributed by atoms with Gasteiger partial charge < -0.3 is 14.2 Å². The van der Waals surface area contributed by atoms with Crippen molar-refractivity contribution in [3.63, 3.8) is 0 Å². The Morgan fingerprint density at radius 1 is 0.373 bits per heavy atom. The number of esters is 3. The van der Waals surface area contributed by atoms with Crippen LogP contribution in [0.4, 0.5) is 0 Å². The van der Waals surface area contributed by atoms with Crippen molar-refractivity contribution in [3.8, 4) is 0 Å². The molecular formula is C45H80O6. The Bertz CT molecular complexity index is 876. The van der Waals surface area contributed by atoms with E-state index in [2.05, 4.69) is 57.2 Å². The molecule has 6 heteroatoms. The zero-order valence-corrected chi connectivity index (χ0v) is 33.6. The summed E-state index contributed by atoms with van der Waals surface area (Å²) in [6.07, 6.45) is 44.1. The summed E-state index contributed by atoms with van der Waals surface area (Å²) < 4.78 is 16.6. The largest absolute Gasteiger partial charge is 0.462 e. The highest BCUT2D eigenvalue weighted by atomic mass is 16.6. The summed E-state index contributed by atoms with van der Waals surface area (Å²) in [5.74, 6) is -0.916. The number of ether oxygens (including phenoxy) is 3. The average Bonchev–Trinajstić information content (AvgIpc) is 3.12. The molecule has 0 spiro atoms. The molecular weight excluding hydrogens is 636 g/mol. The molecule has 0 N–H and O–H groups in total. The van der Waals surface area contributed by atoms with E-state index in [0.717, 1.165) is 96.3 Å². The van der Waals surface area contributed by atoms with Crippen LogP contribution in [0, 0.1) is 0 Å². The second kappa shape index (κ2) is 40.4. The minimum Gasteiger partial charge on any atom is -0.462 e. The second-order valence-corrected chi connectivity index (χ2v) is 14.2. The summed E-state index contributed by atoms with van der Waals surface area (Å²) in [7, 11) is 0. The zero-order chi connectivity index (χ0) is 37.3. The smallest absolute Gasteiger partial charge is 0.306 e. The topological polar surface area (TPSA) is 78.9 Å². The number of carbonyl (C=O) groups is 3. The van der Waals surface area contributed by atoms with Gasteiger partial charge in [0.25, 0.3) is 0 Å². The highest BCUT2D eigenvalue weighted by Crippen LogP contribution is 2.13. The molecule has 1 unspecified atom stereocenters. The van der Waals surface area contributed by atoms with Gasteiger partial charge in [-0.05, 0) is 83.5 Å². The first-order chi connectivity index (χ1) is 25.0. The first-order valence-electron chi connectivity index (χ1n) is 21.5. The van der Waals surface area contributed by atoms with Gasteiger partial charge in [0.15, 0.2) is 6.10 Å². The molecule has 0 rings (SSSR count). The highest BCUT2D eigenvalue weighted by molar-refractivity contribution is 5.71. The van der Waals surface area contributed by atoms with E-state index < -0.39 is 6.10 Å². The number of rotatable bonds is 38. The molecule has 0 aliphatic rings. The van der Waals surface area contributed by atoms with Crippen LogP contribution in [0.3, 0.4) is 0 Å². The molecule has 0 saturated carbocycles. The minimum atomic E-state index is -0.777. The number of hydrogen-bond acceptors (Lipinski definition) is 6. The van der Waals surface area contributed by atoms with Crippen LogP contribution in [0.25, 0.3) is 0 Å². The summed E-state index contributed by atoms with van der Waals surface area (Å²) >= 11 is 0. The Morgan fingerprint density at radius 3 is 1.06 bits per heavy atom. The predicted octanol–water partition coefficient (Wildman–Crippen LogP) is 13.4. The van der Waals surface area contributed by atoms with E-state index in [1.807, 2.05) is 0 Å². The van der Waals surface area contributed by atoms with Gasteiger partial charge in [-0.25, -0.2) is 0 Å². The molecule has 0 aliphatic heterocycles. The molecule has 0 aromatic rings. The summed E-state index contributed by atoms with van der Waals surface area (Å²) in [4.78, 5) is 37.5. The standard InChI is InChI=1S/C45H80O6/c1-4-7-10-13-16-19-22-23-24-27-29-32-35-38-44(47)50-41-42(51-45(48)39-36-33-30-26-21-18-15-12-9-6-3)40-49-43(46)37-34-31-28-25-20-17-14-11-8-5-2/h11-12,14-15,19,22,42H,4-10,13,16-18,20-21,23-41H2,1-3H3/b14-11-,15-12-,22-19-. The van der Waals surface area contributed by atoms with Crippen LogP contribution in [0.2, 0.25) is 0 Å². The quantitative estimate of drug-likeness (QED) is 0.0274. The summed E-state index contributed by atoms with van der Waals surface area (Å²) in [6, 6.07) is 0. The van der Waals surface area contributed by atoms with Gasteiger partial charge in [0.05, 0.1) is 0 Å². The van der Waals surface area contributed by atoms with E-state index in [-0.39, 0.29) is 31.1 Å². The highest BCUT2D eigenvalue weighted by Gasteiger charge is 2.19. The van der Waals surface area contributed by atoms with E-state index in [1.165, 1.54) is 77.0 Å². The van der Waals surface area contributed by atoms with Crippen molar-refractivity contribution in [2.45, 2.75) is 219 Å². The Kier molecular flexibility index (Phi) is 38.5. The van der Waals surface area contributed by atoms with Crippen LogP contribution in [0.5, 0.6) is 0 Å². The fourth-order valence-corrected chi connectivity index (χ4v) is 5.79. The van der Waals surface area contributed by atoms with Crippen molar-refractivity contribution in [1.82, 2.24) is 0 Å². The van der Waals surface area contributed by atoms with Gasteiger partial charge in [-0.3, -0.25) is 14.4 Å². The second-order valence-electron chi connectivity index (χ2n) is 14.2. The van der Waals surface area contributed by atoms with Gasteiger partial charge in [-0.2, -0.15) is 0 Å². The summed E-state index contributed by atoms with van der Waals surface area (Å²) in [5.41, 5.74) is 0. The van der Waals surface area contributed by atoms with Gasteiger partial charge in [0.2, 0.25) is 0 Å². The maximum absolute atomic E-state index is 12.6. The van der Waals surface area contributed by atoms with E-state index in [9.17, 15) is 14.4 Å². The molecule has 0 bridgehead atoms. The molecule has 0 heterocycles. The maximum Gasteiger partial charge on any atom is 0.306 e. The Morgan fingerprint density at radius 2 is 0.686 bits per heavy atom. The molecule has 6 nitrogen and oxygen atoms in total. The Balaban J connectivity index is 4.38. The van der Waals surface area contributed by atoms with Crippen molar-refractivity contribution in [3.05, 3.63) is 36.5 Å². The molecule has 0 aliphatic carbocycles. The maximum atomic E-state index is 12.6. The molecule has 0 radical (unpaired) electrons. The lowest BCUT2D eigenvalue weighted by Crippen LogP contribution is -2.30. The SMILES string of the molecule is CCC/C=C\CCCCCCCC(=O)OCC(COC(=O)CCCCCCC/C=C\CCCCCC)OC(=O)CCCCCCC/C=C\CCC. The number of allylic oxidation sites excluding steroid dienone is 6. The lowest BCUT2D eigenvalue weighted by Gasteiger charge is -2.18. The molecule has 0 aromatic heterocycles. The predicted molar refractivity (Wildman–Crippen MR) is 215 cm³/mol. The summed E-state index contributed by atoms with van der Waals surface area (Å²) in [5, 5.41) is 0. The third kappa shape index (κ3) is 38.7. The van der Waals surface area contributed by atoms with E-state index in [4.69, 9.17) is 14.2 Å². The van der Waals surface area contributed by atoms with Crippen molar-refractivity contribution in [1.29, 1.82) is 0 Å². The van der Waals surface area contributed by atoms with Gasteiger partial charge >= 0.3 is 17.9 Å². The van der Waals surface area contributed by atoms with E-state index in [0.29, 0.717) is 19.3 Å². The van der Waals surface area contributed by atoms with Crippen molar-refractivity contribution in [2.75, 3.05) is 13.2 Å². The number of unbranched alkanes of at least 4 members (excludes halogenated alkanes) is 21. The zero-order valence-electron chi connectivity index (χ0n) is 33.6. The molecule has 0 aromatic carbocycles. The van der Waals surface area contributed by atoms with Crippen molar-refractivity contribution in [2.24, 2.45) is 0 Å². The fraction of sp³-hybridized carbons (Fsp3) is 0.800. The van der Waals surface area contributed by atoms with Gasteiger partial charge in [0.1, 0.15) is 13.2 Å². The van der Waals surface area contributed by atoms with Crippen LogP contribution in [-0.2, 0) is 28.6 Å². The first kappa shape index (κ1) is 48.6. The third-order valence-corrected chi connectivity index (χ3v) is 9.05. The Hall–Kier alpha value is -2.37. The van der Waals surface area contributed by atoms with E-state index in [1.54, 1.807) is 0 Å². The monoisotopic (exact) mass is 717 g/mol. The van der Waals surface area contributed by atoms with Gasteiger partial charge in [-0.1, -0.05) is 147 Å². The Labute approximate surface area is 315 Å². The van der Waals surface area contributed by atoms with Crippen LogP contribution < -0.4 is 0 Å². The van der Waals surface area contributed by atoms with Crippen LogP contribution >= 0.6 is 0 Å². The molecule has 1 atom stereocenters. The van der Waals surface area contributed by atoms with Gasteiger partial charge in [-0.15, -0.1) is 0 Å². The molecule has 51 heavy (non-hydrogen) atoms. The normalized spacial score (nSPS) is 12.3. The van der Waals surface area contributed by atoms with Crippen molar-refractivity contribution >= 4 is 17.9 Å². The van der Waals surface area contributed by atoms with Gasteiger partial charge in [0, 0.05) is 19.3 Å². The van der Waals surface area contributed by atoms with E-state index >= 15 is 0 Å². The van der Waals surface area contributed by atoms with Crippen LogP contribution in [0.1, 0.15) is 213 Å².